The fraction of sp³-hybridized carbons (Fsp3) is 0.381. The molecule has 0 radical (unpaired) electrons. The van der Waals surface area contributed by atoms with E-state index in [0.29, 0.717) is 11.8 Å². The quantitative estimate of drug-likeness (QED) is 0.829. The van der Waals surface area contributed by atoms with Gasteiger partial charge in [0.05, 0.1) is 5.92 Å². The predicted octanol–water partition coefficient (Wildman–Crippen LogP) is 4.55. The number of fused-ring (bicyclic) bond motifs is 3. The minimum atomic E-state index is 0.0774. The van der Waals surface area contributed by atoms with Crippen molar-refractivity contribution in [3.63, 3.8) is 0 Å². The molecular weight excluding hydrogens is 282 g/mol. The van der Waals surface area contributed by atoms with Crippen LogP contribution in [-0.4, -0.2) is 11.8 Å². The Labute approximate surface area is 138 Å². The van der Waals surface area contributed by atoms with E-state index in [-0.39, 0.29) is 11.8 Å². The molecule has 2 heteroatoms. The summed E-state index contributed by atoms with van der Waals surface area (Å²) >= 11 is 0. The third kappa shape index (κ3) is 2.37. The molecule has 23 heavy (non-hydrogen) atoms. The number of ketones is 1. The zero-order valence-electron chi connectivity index (χ0n) is 13.6. The summed E-state index contributed by atoms with van der Waals surface area (Å²) in [6, 6.07) is 19.4. The van der Waals surface area contributed by atoms with E-state index in [4.69, 9.17) is 0 Å². The molecule has 0 N–H and O–H groups in total. The van der Waals surface area contributed by atoms with Gasteiger partial charge >= 0.3 is 0 Å². The number of para-hydroxylation sites is 1. The van der Waals surface area contributed by atoms with E-state index in [1.54, 1.807) is 0 Å². The molecule has 2 aliphatic rings. The van der Waals surface area contributed by atoms with Crippen molar-refractivity contribution in [2.24, 2.45) is 5.92 Å². The first kappa shape index (κ1) is 14.5. The normalized spacial score (nSPS) is 26.0. The van der Waals surface area contributed by atoms with Crippen molar-refractivity contribution in [1.82, 2.24) is 0 Å². The van der Waals surface area contributed by atoms with Gasteiger partial charge in [-0.05, 0) is 36.5 Å². The molecule has 2 aromatic rings. The summed E-state index contributed by atoms with van der Waals surface area (Å²) < 4.78 is 0. The van der Waals surface area contributed by atoms with Gasteiger partial charge in [0, 0.05) is 24.2 Å². The number of carbonyl (C=O) groups is 1. The number of Topliss-reactive ketones (excluding diaryl/α,β-unsaturated/α-hetero) is 1. The standard InChI is InChI=1S/C21H23NO/c1-2-16-12-13-19-20(21(16)23)17-10-6-7-11-18(17)22(19)14-15-8-4-3-5-9-15/h3-11,16,19-20H,2,12-14H2,1H3/t16-,19+,20+/m0/s1. The Kier molecular flexibility index (Phi) is 3.68. The van der Waals surface area contributed by atoms with Crippen LogP contribution in [0, 0.1) is 5.92 Å². The van der Waals surface area contributed by atoms with Crippen LogP contribution in [0.4, 0.5) is 5.69 Å². The van der Waals surface area contributed by atoms with Gasteiger partial charge in [-0.2, -0.15) is 0 Å². The Morgan fingerprint density at radius 1 is 1.00 bits per heavy atom. The van der Waals surface area contributed by atoms with Gasteiger partial charge in [0.2, 0.25) is 0 Å². The van der Waals surface area contributed by atoms with Crippen LogP contribution < -0.4 is 4.90 Å². The summed E-state index contributed by atoms with van der Waals surface area (Å²) in [6.45, 7) is 3.04. The summed E-state index contributed by atoms with van der Waals surface area (Å²) in [5.41, 5.74) is 3.82. The molecule has 0 bridgehead atoms. The van der Waals surface area contributed by atoms with E-state index in [1.807, 2.05) is 0 Å². The first-order valence-corrected chi connectivity index (χ1v) is 8.72. The Morgan fingerprint density at radius 2 is 1.74 bits per heavy atom. The average molecular weight is 305 g/mol. The molecule has 2 aromatic carbocycles. The molecule has 1 saturated carbocycles. The second-order valence-electron chi connectivity index (χ2n) is 6.80. The number of nitrogens with zero attached hydrogens (tertiary/aromatic N) is 1. The Morgan fingerprint density at radius 3 is 2.52 bits per heavy atom. The van der Waals surface area contributed by atoms with E-state index in [2.05, 4.69) is 66.4 Å². The summed E-state index contributed by atoms with van der Waals surface area (Å²) in [5, 5.41) is 0. The predicted molar refractivity (Wildman–Crippen MR) is 93.6 cm³/mol. The topological polar surface area (TPSA) is 20.3 Å². The number of anilines is 1. The maximum atomic E-state index is 13.0. The van der Waals surface area contributed by atoms with Crippen LogP contribution in [-0.2, 0) is 11.3 Å². The molecule has 0 aromatic heterocycles. The van der Waals surface area contributed by atoms with Gasteiger partial charge in [-0.15, -0.1) is 0 Å². The molecule has 1 heterocycles. The van der Waals surface area contributed by atoms with Crippen molar-refractivity contribution in [2.75, 3.05) is 4.90 Å². The Hall–Kier alpha value is -2.09. The number of benzene rings is 2. The van der Waals surface area contributed by atoms with Crippen molar-refractivity contribution < 1.29 is 4.79 Å². The second-order valence-corrected chi connectivity index (χ2v) is 6.80. The molecule has 4 rings (SSSR count). The van der Waals surface area contributed by atoms with Crippen LogP contribution in [0.25, 0.3) is 0 Å². The lowest BCUT2D eigenvalue weighted by Crippen LogP contribution is -2.42. The summed E-state index contributed by atoms with van der Waals surface area (Å²) in [7, 11) is 0. The SMILES string of the molecule is CC[C@H]1CC[C@@H]2[C@H](C1=O)c1ccccc1N2Cc1ccccc1. The molecule has 2 nitrogen and oxygen atoms in total. The molecule has 1 aliphatic carbocycles. The van der Waals surface area contributed by atoms with Gasteiger partial charge in [-0.3, -0.25) is 4.79 Å². The highest BCUT2D eigenvalue weighted by Crippen LogP contribution is 2.48. The summed E-state index contributed by atoms with van der Waals surface area (Å²) in [4.78, 5) is 15.4. The third-order valence-electron chi connectivity index (χ3n) is 5.57. The lowest BCUT2D eigenvalue weighted by molar-refractivity contribution is -0.126. The number of carbonyl (C=O) groups excluding carboxylic acids is 1. The van der Waals surface area contributed by atoms with Crippen molar-refractivity contribution in [3.05, 3.63) is 65.7 Å². The van der Waals surface area contributed by atoms with Gasteiger partial charge in [-0.1, -0.05) is 55.5 Å². The molecule has 3 atom stereocenters. The summed E-state index contributed by atoms with van der Waals surface area (Å²) in [6.07, 6.45) is 3.13. The van der Waals surface area contributed by atoms with Crippen LogP contribution in [0.2, 0.25) is 0 Å². The van der Waals surface area contributed by atoms with Crippen LogP contribution in [0.15, 0.2) is 54.6 Å². The number of hydrogen-bond donors (Lipinski definition) is 0. The minimum absolute atomic E-state index is 0.0774. The van der Waals surface area contributed by atoms with Gasteiger partial charge in [0.15, 0.2) is 0 Å². The minimum Gasteiger partial charge on any atom is -0.363 e. The smallest absolute Gasteiger partial charge is 0.145 e. The average Bonchev–Trinajstić information content (AvgIpc) is 2.91. The second kappa shape index (κ2) is 5.84. The first-order valence-electron chi connectivity index (χ1n) is 8.72. The van der Waals surface area contributed by atoms with E-state index >= 15 is 0 Å². The largest absolute Gasteiger partial charge is 0.363 e. The lowest BCUT2D eigenvalue weighted by atomic mass is 9.74. The molecule has 0 saturated heterocycles. The molecule has 1 aliphatic heterocycles. The van der Waals surface area contributed by atoms with Crippen LogP contribution in [0.3, 0.4) is 0 Å². The van der Waals surface area contributed by atoms with Crippen LogP contribution >= 0.6 is 0 Å². The fourth-order valence-electron chi connectivity index (χ4n) is 4.40. The monoisotopic (exact) mass is 305 g/mol. The highest BCUT2D eigenvalue weighted by Gasteiger charge is 2.46. The van der Waals surface area contributed by atoms with E-state index < -0.39 is 0 Å². The van der Waals surface area contributed by atoms with Gasteiger partial charge in [-0.25, -0.2) is 0 Å². The lowest BCUT2D eigenvalue weighted by Gasteiger charge is -2.36. The highest BCUT2D eigenvalue weighted by molar-refractivity contribution is 5.93. The maximum Gasteiger partial charge on any atom is 0.145 e. The Balaban J connectivity index is 1.72. The summed E-state index contributed by atoms with van der Waals surface area (Å²) in [5.74, 6) is 0.793. The number of hydrogen-bond acceptors (Lipinski definition) is 2. The van der Waals surface area contributed by atoms with Crippen LogP contribution in [0.1, 0.15) is 43.2 Å². The van der Waals surface area contributed by atoms with Crippen molar-refractivity contribution in [1.29, 1.82) is 0 Å². The molecule has 0 unspecified atom stereocenters. The van der Waals surface area contributed by atoms with Crippen molar-refractivity contribution in [2.45, 2.75) is 44.7 Å². The van der Waals surface area contributed by atoms with Crippen molar-refractivity contribution in [3.8, 4) is 0 Å². The zero-order chi connectivity index (χ0) is 15.8. The van der Waals surface area contributed by atoms with E-state index in [1.165, 1.54) is 16.8 Å². The fourth-order valence-corrected chi connectivity index (χ4v) is 4.40. The van der Waals surface area contributed by atoms with Gasteiger partial charge in [0.1, 0.15) is 5.78 Å². The maximum absolute atomic E-state index is 13.0. The molecule has 118 valence electrons. The highest BCUT2D eigenvalue weighted by atomic mass is 16.1. The molecule has 0 spiro atoms. The van der Waals surface area contributed by atoms with Gasteiger partial charge < -0.3 is 4.90 Å². The molecule has 0 amide bonds. The van der Waals surface area contributed by atoms with E-state index in [9.17, 15) is 4.79 Å². The van der Waals surface area contributed by atoms with Gasteiger partial charge in [0.25, 0.3) is 0 Å². The first-order chi connectivity index (χ1) is 11.3. The third-order valence-corrected chi connectivity index (χ3v) is 5.57. The molecule has 1 fully saturated rings. The zero-order valence-corrected chi connectivity index (χ0v) is 13.6. The van der Waals surface area contributed by atoms with E-state index in [0.717, 1.165) is 25.8 Å². The molecular formula is C21H23NO. The van der Waals surface area contributed by atoms with Crippen molar-refractivity contribution >= 4 is 11.5 Å². The number of rotatable bonds is 3. The van der Waals surface area contributed by atoms with Crippen LogP contribution in [0.5, 0.6) is 0 Å². The Bertz CT molecular complexity index is 709.